The minimum absolute atomic E-state index is 0.112. The molecule has 6 heterocycles. The summed E-state index contributed by atoms with van der Waals surface area (Å²) in [5.41, 5.74) is 20.7. The molecule has 0 amide bonds. The van der Waals surface area contributed by atoms with E-state index in [1.807, 2.05) is 147 Å². The van der Waals surface area contributed by atoms with Gasteiger partial charge < -0.3 is 52.6 Å². The molecule has 464 valence electrons. The van der Waals surface area contributed by atoms with E-state index in [4.69, 9.17) is 52.6 Å². The van der Waals surface area contributed by atoms with Crippen molar-refractivity contribution in [1.82, 2.24) is 0 Å². The highest BCUT2D eigenvalue weighted by Gasteiger charge is 2.10. The Balaban J connectivity index is 0.000000147. The van der Waals surface area contributed by atoms with Crippen LogP contribution < -0.4 is 16.2 Å². The summed E-state index contributed by atoms with van der Waals surface area (Å²) in [4.78, 5) is 20.8. The first-order chi connectivity index (χ1) is 43.7. The zero-order valence-corrected chi connectivity index (χ0v) is 56.2. The SMILES string of the molecule is Brc1ccc2ccoc2c1.Brc1cccc2occc12.CCC(N)c1ccc2ccoc2c1.CCC(N)c1cccc2occc12.CCOC(C)COc1cccc(Br)c1.O=Cc1ccc2ccoc2c1.O=Cc1cccc2occc12.Oc1cccc(Br)c1. The maximum atomic E-state index is 10.5. The van der Waals surface area contributed by atoms with E-state index in [1.54, 1.807) is 86.1 Å². The van der Waals surface area contributed by atoms with Crippen LogP contribution in [-0.4, -0.2) is 37.0 Å². The van der Waals surface area contributed by atoms with Crippen LogP contribution in [0.15, 0.2) is 276 Å². The van der Waals surface area contributed by atoms with E-state index in [0.717, 1.165) is 127 Å². The van der Waals surface area contributed by atoms with Crippen LogP contribution in [0.1, 0.15) is 84.5 Å². The van der Waals surface area contributed by atoms with Crippen molar-refractivity contribution < 1.29 is 50.7 Å². The van der Waals surface area contributed by atoms with E-state index < -0.39 is 0 Å². The second-order valence-electron chi connectivity index (χ2n) is 19.7. The fraction of sp³-hybridized carbons (Fsp3) is 0.151. The number of phenolic OH excluding ortho intramolecular Hbond substituents is 1. The lowest BCUT2D eigenvalue weighted by Crippen LogP contribution is -2.17. The predicted octanol–water partition coefficient (Wildman–Crippen LogP) is 22.0. The Morgan fingerprint density at radius 2 is 0.967 bits per heavy atom. The monoisotopic (exact) mass is 1460 g/mol. The Bertz CT molecular complexity index is 4410. The summed E-state index contributed by atoms with van der Waals surface area (Å²) >= 11 is 13.4. The Morgan fingerprint density at radius 3 is 1.54 bits per heavy atom. The van der Waals surface area contributed by atoms with Gasteiger partial charge in [0.2, 0.25) is 0 Å². The molecular formula is C73H68Br4N2O11. The number of aromatic hydroxyl groups is 1. The second kappa shape index (κ2) is 36.4. The van der Waals surface area contributed by atoms with Crippen LogP contribution in [0, 0.1) is 0 Å². The van der Waals surface area contributed by atoms with Crippen LogP contribution in [0.25, 0.3) is 65.8 Å². The molecule has 14 aromatic rings. The average molecular weight is 1470 g/mol. The second-order valence-corrected chi connectivity index (χ2v) is 23.4. The maximum absolute atomic E-state index is 10.5. The molecule has 3 atom stereocenters. The lowest BCUT2D eigenvalue weighted by molar-refractivity contribution is 0.0402. The number of phenols is 1. The van der Waals surface area contributed by atoms with Crippen LogP contribution in [-0.2, 0) is 4.74 Å². The Hall–Kier alpha value is -8.26. The predicted molar refractivity (Wildman–Crippen MR) is 374 cm³/mol. The number of halogens is 4. The topological polar surface area (TPSA) is 204 Å². The summed E-state index contributed by atoms with van der Waals surface area (Å²) in [7, 11) is 0. The number of ether oxygens (including phenoxy) is 2. The largest absolute Gasteiger partial charge is 0.508 e. The van der Waals surface area contributed by atoms with E-state index in [2.05, 4.69) is 89.7 Å². The number of furan rings is 6. The lowest BCUT2D eigenvalue weighted by atomic mass is 10.0. The molecule has 5 N–H and O–H groups in total. The van der Waals surface area contributed by atoms with Crippen LogP contribution >= 0.6 is 63.7 Å². The fourth-order valence-corrected chi connectivity index (χ4v) is 10.2. The Morgan fingerprint density at radius 1 is 0.467 bits per heavy atom. The number of rotatable bonds is 11. The molecule has 8 aromatic carbocycles. The van der Waals surface area contributed by atoms with Gasteiger partial charge in [-0.1, -0.05) is 150 Å². The van der Waals surface area contributed by atoms with Crippen LogP contribution in [0.4, 0.5) is 0 Å². The van der Waals surface area contributed by atoms with Gasteiger partial charge in [0, 0.05) is 80.0 Å². The van der Waals surface area contributed by atoms with Crippen molar-refractivity contribution in [2.75, 3.05) is 13.2 Å². The molecule has 6 aromatic heterocycles. The van der Waals surface area contributed by atoms with Crippen molar-refractivity contribution in [3.05, 3.63) is 272 Å². The molecule has 0 aliphatic heterocycles. The normalized spacial score (nSPS) is 11.4. The summed E-state index contributed by atoms with van der Waals surface area (Å²) in [5.74, 6) is 1.16. The van der Waals surface area contributed by atoms with E-state index in [1.165, 1.54) is 5.56 Å². The van der Waals surface area contributed by atoms with Crippen molar-refractivity contribution in [3.8, 4) is 11.5 Å². The fourth-order valence-electron chi connectivity index (χ4n) is 8.63. The molecule has 14 rings (SSSR count). The van der Waals surface area contributed by atoms with Gasteiger partial charge in [0.25, 0.3) is 0 Å². The van der Waals surface area contributed by atoms with E-state index >= 15 is 0 Å². The Labute approximate surface area is 555 Å². The first kappa shape index (κ1) is 69.2. The van der Waals surface area contributed by atoms with Crippen LogP contribution in [0.5, 0.6) is 11.5 Å². The smallest absolute Gasteiger partial charge is 0.150 e. The summed E-state index contributed by atoms with van der Waals surface area (Å²) in [5, 5.41) is 15.2. The van der Waals surface area contributed by atoms with E-state index in [-0.39, 0.29) is 18.2 Å². The summed E-state index contributed by atoms with van der Waals surface area (Å²) in [6, 6.07) is 61.2. The highest BCUT2D eigenvalue weighted by atomic mass is 79.9. The van der Waals surface area contributed by atoms with Gasteiger partial charge in [0.15, 0.2) is 6.29 Å². The third-order valence-corrected chi connectivity index (χ3v) is 15.6. The van der Waals surface area contributed by atoms with Crippen LogP contribution in [0.3, 0.4) is 0 Å². The molecule has 0 aliphatic rings. The molecule has 0 saturated heterocycles. The zero-order valence-electron chi connectivity index (χ0n) is 49.9. The molecule has 0 spiro atoms. The number of benzene rings is 8. The number of carbonyl (C=O) groups excluding carboxylic acids is 2. The molecule has 0 bridgehead atoms. The van der Waals surface area contributed by atoms with Crippen molar-refractivity contribution in [1.29, 1.82) is 0 Å². The number of hydrogen-bond donors (Lipinski definition) is 3. The standard InChI is InChI=1S/C11H15BrO2.2C11H13NO.2C9H6O2.2C8H5BrO.C6H5BrO/c1-3-13-9(2)8-14-11-6-4-5-10(12)7-11;1-2-10(12)9-4-3-8-5-6-13-11(8)7-9;1-2-10(12)8-4-3-5-11-9(8)6-7-13-11;10-6-7-1-2-8-3-4-11-9(8)5-7;10-6-7-2-1-3-9-8(7)4-5-11-9;9-7-2-1-6-3-4-10-8(6)5-7;9-7-2-1-3-8-6(7)4-5-10-8;7-5-2-1-3-6(8)4-5/h4-7,9H,3,8H2,1-2H3;2*3-7,10H,2,12H2,1H3;2*1-6H;2*1-5H;1-4,8H. The summed E-state index contributed by atoms with van der Waals surface area (Å²) in [6.45, 7) is 9.46. The van der Waals surface area contributed by atoms with Crippen molar-refractivity contribution in [2.45, 2.75) is 58.7 Å². The molecule has 0 saturated carbocycles. The first-order valence-corrected chi connectivity index (χ1v) is 31.8. The maximum Gasteiger partial charge on any atom is 0.150 e. The van der Waals surface area contributed by atoms with Gasteiger partial charge >= 0.3 is 0 Å². The quantitative estimate of drug-likeness (QED) is 0.103. The molecule has 90 heavy (non-hydrogen) atoms. The molecule has 0 radical (unpaired) electrons. The highest BCUT2D eigenvalue weighted by molar-refractivity contribution is 9.11. The number of hydrogen-bond acceptors (Lipinski definition) is 13. The van der Waals surface area contributed by atoms with Gasteiger partial charge in [-0.05, 0) is 159 Å². The van der Waals surface area contributed by atoms with Crippen molar-refractivity contribution in [2.24, 2.45) is 11.5 Å². The third kappa shape index (κ3) is 21.2. The van der Waals surface area contributed by atoms with Gasteiger partial charge in [-0.15, -0.1) is 0 Å². The van der Waals surface area contributed by atoms with Crippen molar-refractivity contribution >= 4 is 142 Å². The molecule has 13 nitrogen and oxygen atoms in total. The molecule has 0 fully saturated rings. The molecule has 0 aliphatic carbocycles. The summed E-state index contributed by atoms with van der Waals surface area (Å²) < 4.78 is 46.1. The molecular weight excluding hydrogens is 1400 g/mol. The van der Waals surface area contributed by atoms with E-state index in [0.29, 0.717) is 23.5 Å². The first-order valence-electron chi connectivity index (χ1n) is 28.7. The Kier molecular flexibility index (Phi) is 28.0. The van der Waals surface area contributed by atoms with Crippen molar-refractivity contribution in [3.63, 3.8) is 0 Å². The van der Waals surface area contributed by atoms with Gasteiger partial charge in [-0.3, -0.25) is 9.59 Å². The zero-order chi connectivity index (χ0) is 64.2. The van der Waals surface area contributed by atoms with Gasteiger partial charge in [-0.2, -0.15) is 0 Å². The minimum atomic E-state index is 0.112. The number of nitrogens with two attached hydrogens (primary N) is 2. The lowest BCUT2D eigenvalue weighted by Gasteiger charge is -2.12. The van der Waals surface area contributed by atoms with Gasteiger partial charge in [-0.25, -0.2) is 0 Å². The highest BCUT2D eigenvalue weighted by Crippen LogP contribution is 2.28. The van der Waals surface area contributed by atoms with E-state index in [9.17, 15) is 9.59 Å². The molecule has 3 unspecified atom stereocenters. The third-order valence-electron chi connectivity index (χ3n) is 13.4. The summed E-state index contributed by atoms with van der Waals surface area (Å²) in [6.07, 6.45) is 13.7. The average Bonchev–Trinajstić information content (AvgIpc) is 2.71. The van der Waals surface area contributed by atoms with Crippen LogP contribution in [0.2, 0.25) is 0 Å². The number of aldehydes is 2. The minimum Gasteiger partial charge on any atom is -0.508 e. The molecule has 17 heteroatoms. The number of carbonyl (C=O) groups is 2. The number of fused-ring (bicyclic) bond motifs is 6. The van der Waals surface area contributed by atoms with Gasteiger partial charge in [0.1, 0.15) is 57.9 Å². The van der Waals surface area contributed by atoms with Gasteiger partial charge in [0.05, 0.1) is 43.7 Å².